The smallest absolute Gasteiger partial charge is 0.122 e. The summed E-state index contributed by atoms with van der Waals surface area (Å²) in [5.41, 5.74) is 2.47. The number of fused-ring (bicyclic) bond motifs is 1. The molecule has 1 aromatic carbocycles. The third kappa shape index (κ3) is 2.22. The van der Waals surface area contributed by atoms with Gasteiger partial charge in [0.15, 0.2) is 0 Å². The van der Waals surface area contributed by atoms with E-state index in [4.69, 9.17) is 21.7 Å². The monoisotopic (exact) mass is 265 g/mol. The quantitative estimate of drug-likeness (QED) is 0.844. The minimum atomic E-state index is 0.360. The average Bonchev–Trinajstić information content (AvgIpc) is 2.44. The molecular weight excluding hydrogens is 246 g/mol. The van der Waals surface area contributed by atoms with Crippen LogP contribution in [0.4, 0.5) is 0 Å². The molecule has 0 saturated carbocycles. The Hall–Kier alpha value is -1.13. The first-order chi connectivity index (χ1) is 8.74. The van der Waals surface area contributed by atoms with Gasteiger partial charge in [0.05, 0.1) is 14.2 Å². The van der Waals surface area contributed by atoms with Gasteiger partial charge in [-0.1, -0.05) is 12.2 Å². The highest BCUT2D eigenvalue weighted by Crippen LogP contribution is 2.37. The molecule has 0 bridgehead atoms. The van der Waals surface area contributed by atoms with Crippen molar-refractivity contribution in [1.82, 2.24) is 5.32 Å². The fraction of sp³-hybridized carbons (Fsp3) is 0.500. The molecule has 0 saturated heterocycles. The summed E-state index contributed by atoms with van der Waals surface area (Å²) >= 11 is 5.15. The molecule has 1 aromatic rings. The van der Waals surface area contributed by atoms with Gasteiger partial charge in [-0.2, -0.15) is 0 Å². The lowest BCUT2D eigenvalue weighted by Crippen LogP contribution is -2.40. The molecular formula is C14H19NO2S. The fourth-order valence-corrected chi connectivity index (χ4v) is 2.97. The van der Waals surface area contributed by atoms with Gasteiger partial charge in [0.1, 0.15) is 11.5 Å². The van der Waals surface area contributed by atoms with E-state index in [2.05, 4.69) is 5.32 Å². The first kappa shape index (κ1) is 13.3. The molecule has 4 heteroatoms. The van der Waals surface area contributed by atoms with Gasteiger partial charge in [-0.15, -0.1) is 0 Å². The number of likely N-dealkylation sites (N-methyl/N-ethyl adjacent to an activating group) is 1. The molecule has 2 atom stereocenters. The van der Waals surface area contributed by atoms with Crippen LogP contribution >= 0.6 is 12.2 Å². The van der Waals surface area contributed by atoms with E-state index in [9.17, 15) is 0 Å². The Morgan fingerprint density at radius 2 is 1.72 bits per heavy atom. The summed E-state index contributed by atoms with van der Waals surface area (Å²) < 4.78 is 10.9. The molecule has 0 aliphatic heterocycles. The number of methoxy groups -OCH3 is 2. The first-order valence-corrected chi connectivity index (χ1v) is 6.57. The molecule has 3 nitrogen and oxygen atoms in total. The molecule has 1 aliphatic rings. The Morgan fingerprint density at radius 3 is 2.17 bits per heavy atom. The molecule has 0 amide bonds. The van der Waals surface area contributed by atoms with Crippen LogP contribution in [0.25, 0.3) is 0 Å². The minimum absolute atomic E-state index is 0.360. The molecule has 0 radical (unpaired) electrons. The Labute approximate surface area is 113 Å². The van der Waals surface area contributed by atoms with Gasteiger partial charge in [0.25, 0.3) is 0 Å². The summed E-state index contributed by atoms with van der Waals surface area (Å²) in [5, 5.41) is 5.20. The molecule has 0 heterocycles. The van der Waals surface area contributed by atoms with Crippen molar-refractivity contribution in [3.8, 4) is 11.5 Å². The second-order valence-electron chi connectivity index (χ2n) is 4.53. The summed E-state index contributed by atoms with van der Waals surface area (Å²) in [5.74, 6) is 2.23. The predicted molar refractivity (Wildman–Crippen MR) is 76.9 cm³/mol. The third-order valence-electron chi connectivity index (χ3n) is 3.71. The summed E-state index contributed by atoms with van der Waals surface area (Å²) in [6.45, 7) is 0. The maximum Gasteiger partial charge on any atom is 0.122 e. The number of benzene rings is 1. The molecule has 1 aliphatic carbocycles. The van der Waals surface area contributed by atoms with E-state index in [0.29, 0.717) is 12.0 Å². The van der Waals surface area contributed by atoms with Crippen molar-refractivity contribution in [2.75, 3.05) is 21.3 Å². The van der Waals surface area contributed by atoms with E-state index in [1.54, 1.807) is 14.2 Å². The lowest BCUT2D eigenvalue weighted by Gasteiger charge is -2.32. The summed E-state index contributed by atoms with van der Waals surface area (Å²) in [6.07, 6.45) is 1.83. The third-order valence-corrected chi connectivity index (χ3v) is 4.06. The lowest BCUT2D eigenvalue weighted by atomic mass is 9.80. The molecule has 0 aromatic heterocycles. The van der Waals surface area contributed by atoms with Crippen LogP contribution in [0.3, 0.4) is 0 Å². The maximum atomic E-state index is 5.45. The van der Waals surface area contributed by atoms with E-state index in [-0.39, 0.29) is 0 Å². The largest absolute Gasteiger partial charge is 0.496 e. The first-order valence-electron chi connectivity index (χ1n) is 6.10. The zero-order valence-corrected chi connectivity index (χ0v) is 11.8. The number of nitrogens with one attached hydrogen (secondary N) is 1. The van der Waals surface area contributed by atoms with Crippen LogP contribution in [0.1, 0.15) is 11.1 Å². The van der Waals surface area contributed by atoms with Gasteiger partial charge in [-0.25, -0.2) is 0 Å². The highest BCUT2D eigenvalue weighted by atomic mass is 32.1. The number of ether oxygens (including phenoxy) is 2. The molecule has 98 valence electrons. The SMILES string of the molecule is CN[C@@H]1Cc2c(OC)ccc(OC)c2C[C@H]1C=S. The summed E-state index contributed by atoms with van der Waals surface area (Å²) in [4.78, 5) is 0. The van der Waals surface area contributed by atoms with E-state index in [0.717, 1.165) is 24.3 Å². The molecule has 1 N–H and O–H groups in total. The van der Waals surface area contributed by atoms with Crippen LogP contribution in [0, 0.1) is 5.92 Å². The standard InChI is InChI=1S/C14H19NO2S/c1-15-12-7-11-10(6-9(12)8-18)13(16-2)4-5-14(11)17-3/h4-5,8-9,12,15H,6-7H2,1-3H3/t9-,12+/m0/s1. The average molecular weight is 265 g/mol. The van der Waals surface area contributed by atoms with Crippen molar-refractivity contribution in [3.05, 3.63) is 23.3 Å². The number of thiocarbonyl (C=S) groups is 1. The van der Waals surface area contributed by atoms with Crippen LogP contribution < -0.4 is 14.8 Å². The van der Waals surface area contributed by atoms with E-state index < -0.39 is 0 Å². The van der Waals surface area contributed by atoms with E-state index in [1.165, 1.54) is 11.1 Å². The van der Waals surface area contributed by atoms with Crippen molar-refractivity contribution in [3.63, 3.8) is 0 Å². The van der Waals surface area contributed by atoms with E-state index in [1.807, 2.05) is 24.5 Å². The van der Waals surface area contributed by atoms with Gasteiger partial charge in [-0.05, 0) is 37.4 Å². The number of hydrogen-bond acceptors (Lipinski definition) is 4. The maximum absolute atomic E-state index is 5.45. The highest BCUT2D eigenvalue weighted by Gasteiger charge is 2.30. The van der Waals surface area contributed by atoms with Crippen molar-refractivity contribution in [2.45, 2.75) is 18.9 Å². The molecule has 0 fully saturated rings. The van der Waals surface area contributed by atoms with Gasteiger partial charge in [0.2, 0.25) is 0 Å². The number of hydrogen-bond donors (Lipinski definition) is 1. The highest BCUT2D eigenvalue weighted by molar-refractivity contribution is 7.79. The Balaban J connectivity index is 2.48. The van der Waals surface area contributed by atoms with Crippen LogP contribution in [0.2, 0.25) is 0 Å². The van der Waals surface area contributed by atoms with Crippen LogP contribution in [-0.2, 0) is 12.8 Å². The zero-order chi connectivity index (χ0) is 13.1. The second kappa shape index (κ2) is 5.67. The van der Waals surface area contributed by atoms with Gasteiger partial charge >= 0.3 is 0 Å². The topological polar surface area (TPSA) is 30.5 Å². The Morgan fingerprint density at radius 1 is 1.17 bits per heavy atom. The van der Waals surface area contributed by atoms with Gasteiger partial charge < -0.3 is 14.8 Å². The Bertz CT molecular complexity index is 448. The van der Waals surface area contributed by atoms with Crippen molar-refractivity contribution in [2.24, 2.45) is 5.92 Å². The lowest BCUT2D eigenvalue weighted by molar-refractivity contribution is 0.368. The molecule has 2 rings (SSSR count). The zero-order valence-electron chi connectivity index (χ0n) is 11.0. The second-order valence-corrected chi connectivity index (χ2v) is 4.80. The molecule has 0 spiro atoms. The predicted octanol–water partition coefficient (Wildman–Crippen LogP) is 2.01. The van der Waals surface area contributed by atoms with Crippen molar-refractivity contribution < 1.29 is 9.47 Å². The fourth-order valence-electron chi connectivity index (χ4n) is 2.69. The normalized spacial score (nSPS) is 22.2. The van der Waals surface area contributed by atoms with E-state index >= 15 is 0 Å². The Kier molecular flexibility index (Phi) is 4.19. The van der Waals surface area contributed by atoms with Crippen LogP contribution in [-0.4, -0.2) is 32.7 Å². The van der Waals surface area contributed by atoms with Crippen LogP contribution in [0.15, 0.2) is 12.1 Å². The minimum Gasteiger partial charge on any atom is -0.496 e. The summed E-state index contributed by atoms with van der Waals surface area (Å²) in [6, 6.07) is 4.32. The summed E-state index contributed by atoms with van der Waals surface area (Å²) in [7, 11) is 5.40. The van der Waals surface area contributed by atoms with Crippen molar-refractivity contribution >= 4 is 17.6 Å². The molecule has 18 heavy (non-hydrogen) atoms. The van der Waals surface area contributed by atoms with Crippen molar-refractivity contribution in [1.29, 1.82) is 0 Å². The van der Waals surface area contributed by atoms with Crippen LogP contribution in [0.5, 0.6) is 11.5 Å². The number of rotatable bonds is 4. The van der Waals surface area contributed by atoms with Gasteiger partial charge in [0, 0.05) is 23.1 Å². The molecule has 0 unspecified atom stereocenters. The van der Waals surface area contributed by atoms with Gasteiger partial charge in [-0.3, -0.25) is 0 Å².